The fourth-order valence-corrected chi connectivity index (χ4v) is 3.88. The molecule has 0 saturated carbocycles. The summed E-state index contributed by atoms with van der Waals surface area (Å²) in [7, 11) is 0. The maximum absolute atomic E-state index is 12.0. The van der Waals surface area contributed by atoms with Crippen LogP contribution in [0, 0.1) is 11.8 Å². The first-order valence-corrected chi connectivity index (χ1v) is 15.4. The van der Waals surface area contributed by atoms with Crippen molar-refractivity contribution in [1.29, 1.82) is 0 Å². The highest BCUT2D eigenvalue weighted by molar-refractivity contribution is 6.61. The van der Waals surface area contributed by atoms with E-state index in [0.29, 0.717) is 32.5 Å². The lowest BCUT2D eigenvalue weighted by atomic mass is 10.1. The molecule has 0 fully saturated rings. The van der Waals surface area contributed by atoms with E-state index < -0.39 is 45.5 Å². The van der Waals surface area contributed by atoms with Crippen molar-refractivity contribution < 1.29 is 62.3 Å². The van der Waals surface area contributed by atoms with Gasteiger partial charge in [0.2, 0.25) is 0 Å². The van der Waals surface area contributed by atoms with E-state index in [1.165, 1.54) is 0 Å². The van der Waals surface area contributed by atoms with Gasteiger partial charge in [-0.1, -0.05) is 12.8 Å². The minimum atomic E-state index is -1.04. The molecule has 0 unspecified atom stereocenters. The van der Waals surface area contributed by atoms with E-state index in [-0.39, 0.29) is 59.1 Å². The van der Waals surface area contributed by atoms with Gasteiger partial charge in [0.25, 0.3) is 0 Å². The van der Waals surface area contributed by atoms with Gasteiger partial charge in [-0.25, -0.2) is 19.2 Å². The Morgan fingerprint density at radius 2 is 0.795 bits per heavy atom. The molecule has 0 bridgehead atoms. The Morgan fingerprint density at radius 1 is 0.477 bits per heavy atom. The first-order valence-electron chi connectivity index (χ1n) is 13.9. The molecule has 18 heteroatoms. The Labute approximate surface area is 275 Å². The number of aliphatic hydroxyl groups is 1. The summed E-state index contributed by atoms with van der Waals surface area (Å²) in [6.07, 6.45) is 4.57. The van der Waals surface area contributed by atoms with Gasteiger partial charge in [0.1, 0.15) is 39.6 Å². The second kappa shape index (κ2) is 27.2. The molecule has 0 saturated heterocycles. The summed E-state index contributed by atoms with van der Waals surface area (Å²) in [6.45, 7) is 0.781. The van der Waals surface area contributed by atoms with E-state index in [1.54, 1.807) is 0 Å². The van der Waals surface area contributed by atoms with Crippen LogP contribution in [0.15, 0.2) is 0 Å². The molecular formula is C26H39Cl4NO13. The van der Waals surface area contributed by atoms with Crippen molar-refractivity contribution in [2.45, 2.75) is 51.4 Å². The van der Waals surface area contributed by atoms with Crippen LogP contribution in [0.3, 0.4) is 0 Å². The predicted octanol–water partition coefficient (Wildman–Crippen LogP) is 5.22. The average Bonchev–Trinajstić information content (AvgIpc) is 2.95. The Kier molecular flexibility index (Phi) is 25.9. The highest BCUT2D eigenvalue weighted by Gasteiger charge is 2.18. The summed E-state index contributed by atoms with van der Waals surface area (Å²) in [4.78, 5) is 69.3. The third-order valence-corrected chi connectivity index (χ3v) is 6.25. The SMILES string of the molecule is O=C(Cl)OCC(COC(=O)Cl)COC(=O)CCCCCN(CCO)CCCCCC(=O)OCC(COC(=O)Cl)COC(=O)Cl. The minimum Gasteiger partial charge on any atom is -0.465 e. The first-order chi connectivity index (χ1) is 20.9. The number of rotatable bonds is 26. The molecule has 0 amide bonds. The van der Waals surface area contributed by atoms with Gasteiger partial charge in [-0.3, -0.25) is 9.59 Å². The van der Waals surface area contributed by atoms with Crippen molar-refractivity contribution in [3.8, 4) is 0 Å². The predicted molar refractivity (Wildman–Crippen MR) is 158 cm³/mol. The number of carbonyl (C=O) groups excluding carboxylic acids is 6. The van der Waals surface area contributed by atoms with Crippen molar-refractivity contribution in [2.75, 3.05) is 65.9 Å². The molecule has 1 N–H and O–H groups in total. The lowest BCUT2D eigenvalue weighted by Gasteiger charge is -2.21. The quantitative estimate of drug-likeness (QED) is 0.0533. The van der Waals surface area contributed by atoms with Crippen molar-refractivity contribution in [3.63, 3.8) is 0 Å². The third kappa shape index (κ3) is 27.4. The number of halogens is 4. The van der Waals surface area contributed by atoms with Gasteiger partial charge in [-0.2, -0.15) is 0 Å². The van der Waals surface area contributed by atoms with Gasteiger partial charge in [0.05, 0.1) is 18.4 Å². The van der Waals surface area contributed by atoms with Crippen molar-refractivity contribution >= 4 is 80.1 Å². The fraction of sp³-hybridized carbons (Fsp3) is 0.769. The maximum Gasteiger partial charge on any atom is 0.403 e. The van der Waals surface area contributed by atoms with Crippen LogP contribution >= 0.6 is 46.4 Å². The lowest BCUT2D eigenvalue weighted by Crippen LogP contribution is -2.29. The molecule has 254 valence electrons. The minimum absolute atomic E-state index is 0.00287. The van der Waals surface area contributed by atoms with Gasteiger partial charge in [0, 0.05) is 65.8 Å². The molecule has 0 rings (SSSR count). The first kappa shape index (κ1) is 41.9. The molecule has 0 aromatic heterocycles. The maximum atomic E-state index is 12.0. The summed E-state index contributed by atoms with van der Waals surface area (Å²) in [5, 5.41) is 9.37. The zero-order chi connectivity index (χ0) is 33.2. The number of esters is 2. The topological polar surface area (TPSA) is 181 Å². The molecule has 0 aliphatic carbocycles. The van der Waals surface area contributed by atoms with Gasteiger partial charge in [-0.05, 0) is 38.8 Å². The number of carbonyl (C=O) groups is 6. The van der Waals surface area contributed by atoms with E-state index in [0.717, 1.165) is 25.7 Å². The number of aliphatic hydroxyl groups excluding tert-OH is 1. The molecule has 14 nitrogen and oxygen atoms in total. The van der Waals surface area contributed by atoms with Crippen LogP contribution in [-0.2, 0) is 38.0 Å². The largest absolute Gasteiger partial charge is 0.465 e. The smallest absolute Gasteiger partial charge is 0.403 e. The Morgan fingerprint density at radius 3 is 1.09 bits per heavy atom. The van der Waals surface area contributed by atoms with Gasteiger partial charge in [-0.15, -0.1) is 0 Å². The zero-order valence-corrected chi connectivity index (χ0v) is 27.2. The molecule has 44 heavy (non-hydrogen) atoms. The molecule has 0 atom stereocenters. The summed E-state index contributed by atoms with van der Waals surface area (Å²) < 4.78 is 28.9. The Hall–Kier alpha value is -2.10. The van der Waals surface area contributed by atoms with Gasteiger partial charge in [0.15, 0.2) is 0 Å². The number of unbranched alkanes of at least 4 members (excludes halogenated alkanes) is 4. The van der Waals surface area contributed by atoms with Crippen LogP contribution in [0.2, 0.25) is 0 Å². The van der Waals surface area contributed by atoms with Crippen LogP contribution in [-0.4, -0.2) is 110 Å². The van der Waals surface area contributed by atoms with E-state index >= 15 is 0 Å². The van der Waals surface area contributed by atoms with E-state index in [1.807, 2.05) is 0 Å². The number of nitrogens with zero attached hydrogens (tertiary/aromatic N) is 1. The standard InChI is InChI=1S/C26H39Cl4NO13/c27-23(35)41-15-19(16-42-24(28)36)13-39-21(33)7-3-1-5-9-31(11-12-32)10-6-2-4-8-22(34)40-14-20(17-43-25(29)37)18-44-26(30)38/h19-20,32H,1-18H2. The number of hydrogen-bond acceptors (Lipinski definition) is 14. The summed E-state index contributed by atoms with van der Waals surface area (Å²) >= 11 is 20.5. The summed E-state index contributed by atoms with van der Waals surface area (Å²) in [6, 6.07) is 0. The highest BCUT2D eigenvalue weighted by Crippen LogP contribution is 2.10. The Bertz CT molecular complexity index is 779. The van der Waals surface area contributed by atoms with Crippen molar-refractivity contribution in [2.24, 2.45) is 11.8 Å². The van der Waals surface area contributed by atoms with Crippen LogP contribution in [0.5, 0.6) is 0 Å². The van der Waals surface area contributed by atoms with Gasteiger partial charge >= 0.3 is 33.7 Å². The summed E-state index contributed by atoms with van der Waals surface area (Å²) in [5.41, 5.74) is -4.16. The molecule has 0 aliphatic rings. The van der Waals surface area contributed by atoms with Crippen LogP contribution < -0.4 is 0 Å². The molecule has 0 aliphatic heterocycles. The zero-order valence-electron chi connectivity index (χ0n) is 24.2. The van der Waals surface area contributed by atoms with Crippen LogP contribution in [0.1, 0.15) is 51.4 Å². The van der Waals surface area contributed by atoms with E-state index in [9.17, 15) is 33.9 Å². The van der Waals surface area contributed by atoms with E-state index in [4.69, 9.17) is 55.9 Å². The molecule has 0 aromatic rings. The average molecular weight is 715 g/mol. The van der Waals surface area contributed by atoms with Crippen LogP contribution in [0.4, 0.5) is 19.2 Å². The molecule has 0 aromatic carbocycles. The molecule has 0 radical (unpaired) electrons. The fourth-order valence-electron chi connectivity index (χ4n) is 3.63. The number of hydrogen-bond donors (Lipinski definition) is 1. The normalized spacial score (nSPS) is 10.9. The number of ether oxygens (including phenoxy) is 6. The second-order valence-corrected chi connectivity index (χ2v) is 10.7. The highest BCUT2D eigenvalue weighted by atomic mass is 35.5. The van der Waals surface area contributed by atoms with E-state index in [2.05, 4.69) is 23.8 Å². The molecule has 0 spiro atoms. The summed E-state index contributed by atoms with van der Waals surface area (Å²) in [5.74, 6) is -2.14. The molecular weight excluding hydrogens is 676 g/mol. The Balaban J connectivity index is 4.17. The van der Waals surface area contributed by atoms with Gasteiger partial charge < -0.3 is 38.4 Å². The monoisotopic (exact) mass is 713 g/mol. The second-order valence-electron chi connectivity index (χ2n) is 9.48. The third-order valence-electron chi connectivity index (χ3n) is 5.82. The lowest BCUT2D eigenvalue weighted by molar-refractivity contribution is -0.146. The van der Waals surface area contributed by atoms with Crippen molar-refractivity contribution in [1.82, 2.24) is 4.90 Å². The van der Waals surface area contributed by atoms with Crippen LogP contribution in [0.25, 0.3) is 0 Å². The van der Waals surface area contributed by atoms with Crippen molar-refractivity contribution in [3.05, 3.63) is 0 Å². The molecule has 0 heterocycles.